The van der Waals surface area contributed by atoms with Crippen molar-refractivity contribution in [1.29, 1.82) is 0 Å². The van der Waals surface area contributed by atoms with Crippen LogP contribution in [0.4, 0.5) is 0 Å². The Labute approximate surface area is 267 Å². The van der Waals surface area contributed by atoms with Crippen LogP contribution >= 0.6 is 0 Å². The number of fused-ring (bicyclic) bond motifs is 10. The number of hydrogen-bond acceptors (Lipinski definition) is 1. The number of hydrogen-bond donors (Lipinski definition) is 0. The van der Waals surface area contributed by atoms with E-state index >= 15 is 0 Å². The van der Waals surface area contributed by atoms with Crippen LogP contribution in [0.3, 0.4) is 0 Å². The number of furan rings is 1. The van der Waals surface area contributed by atoms with Crippen molar-refractivity contribution in [2.75, 3.05) is 0 Å². The third-order valence-corrected chi connectivity index (χ3v) is 10.5. The molecule has 0 amide bonds. The van der Waals surface area contributed by atoms with E-state index < -0.39 is 0 Å². The zero-order valence-electron chi connectivity index (χ0n) is 25.8. The molecule has 1 aromatic heterocycles. The van der Waals surface area contributed by atoms with E-state index in [1.165, 1.54) is 71.4 Å². The second kappa shape index (κ2) is 9.19. The molecular formula is C45H30O. The number of rotatable bonds is 2. The van der Waals surface area contributed by atoms with Gasteiger partial charge in [-0.1, -0.05) is 135 Å². The monoisotopic (exact) mass is 586 g/mol. The van der Waals surface area contributed by atoms with Crippen LogP contribution in [0.5, 0.6) is 0 Å². The van der Waals surface area contributed by atoms with E-state index in [0.29, 0.717) is 0 Å². The van der Waals surface area contributed by atoms with Crippen LogP contribution < -0.4 is 0 Å². The lowest BCUT2D eigenvalue weighted by atomic mass is 9.81. The van der Waals surface area contributed by atoms with Gasteiger partial charge in [0, 0.05) is 21.6 Å². The van der Waals surface area contributed by atoms with E-state index in [9.17, 15) is 0 Å². The van der Waals surface area contributed by atoms with Crippen LogP contribution in [-0.4, -0.2) is 0 Å². The maximum atomic E-state index is 6.63. The van der Waals surface area contributed by atoms with Crippen LogP contribution in [0.25, 0.3) is 87.6 Å². The minimum Gasteiger partial charge on any atom is -0.455 e. The largest absolute Gasteiger partial charge is 0.455 e. The zero-order valence-corrected chi connectivity index (χ0v) is 25.8. The summed E-state index contributed by atoms with van der Waals surface area (Å²) in [6.45, 7) is 4.69. The van der Waals surface area contributed by atoms with Gasteiger partial charge >= 0.3 is 0 Å². The van der Waals surface area contributed by atoms with Crippen molar-refractivity contribution in [3.05, 3.63) is 157 Å². The van der Waals surface area contributed by atoms with E-state index in [0.717, 1.165) is 27.3 Å². The summed E-state index contributed by atoms with van der Waals surface area (Å²) in [5.74, 6) is 0. The fourth-order valence-electron chi connectivity index (χ4n) is 8.29. The molecule has 0 aliphatic heterocycles. The first-order valence-electron chi connectivity index (χ1n) is 16.1. The SMILES string of the molecule is CC1(C)c2ccccc2-c2cc(-c3c4ccccc4c(-c4ccc5c(c4)oc4c6ccccc6ccc54)c4ccccc34)ccc21. The standard InChI is InChI=1S/C45H30O/c1-45(2)39-18-10-9-13-31(39)38-25-28(21-24-40(38)45)42-33-14-5-7-16-35(33)43(36-17-8-6-15-34(36)42)29-20-22-32-37-23-19-27-11-3-4-12-30(27)44(37)46-41(32)26-29/h3-26H,1-2H3. The molecule has 0 saturated carbocycles. The highest BCUT2D eigenvalue weighted by atomic mass is 16.3. The van der Waals surface area contributed by atoms with Crippen molar-refractivity contribution in [2.24, 2.45) is 0 Å². The zero-order chi connectivity index (χ0) is 30.6. The van der Waals surface area contributed by atoms with Gasteiger partial charge in [0.05, 0.1) is 0 Å². The third kappa shape index (κ3) is 3.40. The van der Waals surface area contributed by atoms with E-state index in [1.54, 1.807) is 0 Å². The van der Waals surface area contributed by atoms with Gasteiger partial charge in [0.1, 0.15) is 11.2 Å². The van der Waals surface area contributed by atoms with Gasteiger partial charge in [0.15, 0.2) is 0 Å². The number of benzene rings is 8. The summed E-state index contributed by atoms with van der Waals surface area (Å²) < 4.78 is 6.63. The molecule has 0 radical (unpaired) electrons. The molecule has 216 valence electrons. The maximum Gasteiger partial charge on any atom is 0.143 e. The molecule has 0 fully saturated rings. The van der Waals surface area contributed by atoms with E-state index in [4.69, 9.17) is 4.42 Å². The lowest BCUT2D eigenvalue weighted by Crippen LogP contribution is -2.14. The summed E-state index contributed by atoms with van der Waals surface area (Å²) in [6.07, 6.45) is 0. The van der Waals surface area contributed by atoms with Gasteiger partial charge in [0.2, 0.25) is 0 Å². The van der Waals surface area contributed by atoms with Crippen LogP contribution in [0.2, 0.25) is 0 Å². The van der Waals surface area contributed by atoms with E-state index in [-0.39, 0.29) is 5.41 Å². The Bertz CT molecular complexity index is 2660. The highest BCUT2D eigenvalue weighted by molar-refractivity contribution is 6.22. The second-order valence-corrected chi connectivity index (χ2v) is 13.2. The first-order chi connectivity index (χ1) is 22.6. The molecule has 0 saturated heterocycles. The first kappa shape index (κ1) is 25.6. The molecule has 1 aliphatic carbocycles. The quantitative estimate of drug-likeness (QED) is 0.184. The molecule has 0 bridgehead atoms. The van der Waals surface area contributed by atoms with Crippen LogP contribution in [0.1, 0.15) is 25.0 Å². The topological polar surface area (TPSA) is 13.1 Å². The highest BCUT2D eigenvalue weighted by Gasteiger charge is 2.35. The lowest BCUT2D eigenvalue weighted by molar-refractivity contribution is 0.660. The van der Waals surface area contributed by atoms with Gasteiger partial charge in [-0.15, -0.1) is 0 Å². The average molecular weight is 587 g/mol. The van der Waals surface area contributed by atoms with Gasteiger partial charge < -0.3 is 4.42 Å². The second-order valence-electron chi connectivity index (χ2n) is 13.2. The molecule has 8 aromatic carbocycles. The Morgan fingerprint density at radius 3 is 1.67 bits per heavy atom. The van der Waals surface area contributed by atoms with Gasteiger partial charge in [-0.3, -0.25) is 0 Å². The van der Waals surface area contributed by atoms with Crippen molar-refractivity contribution < 1.29 is 4.42 Å². The molecule has 0 atom stereocenters. The molecule has 1 nitrogen and oxygen atoms in total. The van der Waals surface area contributed by atoms with Gasteiger partial charge in [-0.05, 0) is 95.7 Å². The van der Waals surface area contributed by atoms with Crippen LogP contribution in [-0.2, 0) is 5.41 Å². The molecule has 46 heavy (non-hydrogen) atoms. The van der Waals surface area contributed by atoms with E-state index in [1.807, 2.05) is 0 Å². The highest BCUT2D eigenvalue weighted by Crippen LogP contribution is 2.51. The van der Waals surface area contributed by atoms with Crippen molar-refractivity contribution >= 4 is 54.3 Å². The maximum absolute atomic E-state index is 6.63. The molecule has 0 N–H and O–H groups in total. The first-order valence-corrected chi connectivity index (χ1v) is 16.1. The van der Waals surface area contributed by atoms with Crippen molar-refractivity contribution in [3.63, 3.8) is 0 Å². The predicted molar refractivity (Wildman–Crippen MR) is 195 cm³/mol. The predicted octanol–water partition coefficient (Wildman–Crippen LogP) is 12.7. The minimum atomic E-state index is -0.0139. The minimum absolute atomic E-state index is 0.0139. The molecule has 10 rings (SSSR count). The molecular weight excluding hydrogens is 556 g/mol. The normalized spacial score (nSPS) is 13.6. The molecule has 1 heteroatoms. The molecule has 1 aliphatic rings. The van der Waals surface area contributed by atoms with Crippen molar-refractivity contribution in [3.8, 4) is 33.4 Å². The van der Waals surface area contributed by atoms with Gasteiger partial charge in [-0.25, -0.2) is 0 Å². The van der Waals surface area contributed by atoms with Crippen molar-refractivity contribution in [2.45, 2.75) is 19.3 Å². The molecule has 1 heterocycles. The molecule has 0 spiro atoms. The van der Waals surface area contributed by atoms with E-state index in [2.05, 4.69) is 159 Å². The Kier molecular flexibility index (Phi) is 5.12. The fourth-order valence-corrected chi connectivity index (χ4v) is 8.29. The summed E-state index contributed by atoms with van der Waals surface area (Å²) >= 11 is 0. The average Bonchev–Trinajstić information content (AvgIpc) is 3.59. The summed E-state index contributed by atoms with van der Waals surface area (Å²) in [6, 6.07) is 53.4. The molecule has 0 unspecified atom stereocenters. The summed E-state index contributed by atoms with van der Waals surface area (Å²) in [4.78, 5) is 0. The summed E-state index contributed by atoms with van der Waals surface area (Å²) in [7, 11) is 0. The summed E-state index contributed by atoms with van der Waals surface area (Å²) in [5.41, 5.74) is 12.3. The van der Waals surface area contributed by atoms with Crippen LogP contribution in [0.15, 0.2) is 150 Å². The Hall–Kier alpha value is -5.66. The van der Waals surface area contributed by atoms with Crippen LogP contribution in [0, 0.1) is 0 Å². The smallest absolute Gasteiger partial charge is 0.143 e. The summed E-state index contributed by atoms with van der Waals surface area (Å²) in [5, 5.41) is 9.67. The molecule has 9 aromatic rings. The van der Waals surface area contributed by atoms with Gasteiger partial charge in [-0.2, -0.15) is 0 Å². The Balaban J connectivity index is 1.24. The Morgan fingerprint density at radius 1 is 0.413 bits per heavy atom. The van der Waals surface area contributed by atoms with Gasteiger partial charge in [0.25, 0.3) is 0 Å². The lowest BCUT2D eigenvalue weighted by Gasteiger charge is -2.22. The Morgan fingerprint density at radius 2 is 0.957 bits per heavy atom. The third-order valence-electron chi connectivity index (χ3n) is 10.5. The van der Waals surface area contributed by atoms with Crippen molar-refractivity contribution in [1.82, 2.24) is 0 Å². The fraction of sp³-hybridized carbons (Fsp3) is 0.0667.